The fourth-order valence-electron chi connectivity index (χ4n) is 3.26. The Labute approximate surface area is 134 Å². The topological polar surface area (TPSA) is 64.7 Å². The van der Waals surface area contributed by atoms with E-state index in [0.717, 1.165) is 31.0 Å². The molecule has 0 aliphatic carbocycles. The van der Waals surface area contributed by atoms with Crippen LogP contribution in [0.1, 0.15) is 30.3 Å². The Bertz CT molecular complexity index is 777. The maximum Gasteiger partial charge on any atom is 0.170 e. The summed E-state index contributed by atoms with van der Waals surface area (Å²) < 4.78 is 3.68. The lowest BCUT2D eigenvalue weighted by molar-refractivity contribution is 0.240. The Morgan fingerprint density at radius 1 is 1.22 bits per heavy atom. The first kappa shape index (κ1) is 14.1. The van der Waals surface area contributed by atoms with Crippen LogP contribution in [0.25, 0.3) is 5.69 Å². The van der Waals surface area contributed by atoms with E-state index in [1.165, 1.54) is 12.0 Å². The average molecular weight is 309 g/mol. The zero-order chi connectivity index (χ0) is 15.6. The van der Waals surface area contributed by atoms with Crippen LogP contribution in [0.3, 0.4) is 0 Å². The smallest absolute Gasteiger partial charge is 0.170 e. The first-order valence-corrected chi connectivity index (χ1v) is 7.86. The zero-order valence-corrected chi connectivity index (χ0v) is 13.1. The summed E-state index contributed by atoms with van der Waals surface area (Å²) in [5, 5.41) is 16.5. The molecule has 0 spiro atoms. The third-order valence-electron chi connectivity index (χ3n) is 4.35. The second-order valence-corrected chi connectivity index (χ2v) is 5.92. The van der Waals surface area contributed by atoms with Crippen LogP contribution in [0.2, 0.25) is 0 Å². The van der Waals surface area contributed by atoms with Crippen molar-refractivity contribution in [3.63, 3.8) is 0 Å². The number of para-hydroxylation sites is 1. The lowest BCUT2D eigenvalue weighted by atomic mass is 10.1. The summed E-state index contributed by atoms with van der Waals surface area (Å²) in [5.74, 6) is 0.868. The number of aryl methyl sites for hydroxylation is 1. The van der Waals surface area contributed by atoms with Gasteiger partial charge in [0.05, 0.1) is 18.4 Å². The third kappa shape index (κ3) is 2.75. The number of benzene rings is 1. The molecule has 0 amide bonds. The first-order chi connectivity index (χ1) is 11.3. The van der Waals surface area contributed by atoms with Gasteiger partial charge >= 0.3 is 0 Å². The van der Waals surface area contributed by atoms with Crippen LogP contribution in [-0.2, 0) is 13.6 Å². The van der Waals surface area contributed by atoms with Gasteiger partial charge in [-0.1, -0.05) is 18.2 Å². The van der Waals surface area contributed by atoms with E-state index in [1.807, 2.05) is 52.9 Å². The van der Waals surface area contributed by atoms with E-state index in [4.69, 9.17) is 0 Å². The van der Waals surface area contributed by atoms with Gasteiger partial charge in [-0.2, -0.15) is 9.78 Å². The number of tetrazole rings is 1. The molecule has 118 valence electrons. The second kappa shape index (κ2) is 5.92. The molecule has 0 radical (unpaired) electrons. The number of rotatable bonds is 4. The van der Waals surface area contributed by atoms with E-state index in [9.17, 15) is 0 Å². The lowest BCUT2D eigenvalue weighted by Gasteiger charge is -2.22. The number of aromatic nitrogens is 6. The Balaban J connectivity index is 1.58. The van der Waals surface area contributed by atoms with Crippen LogP contribution in [0.4, 0.5) is 0 Å². The predicted molar refractivity (Wildman–Crippen MR) is 84.7 cm³/mol. The fourth-order valence-corrected chi connectivity index (χ4v) is 3.26. The van der Waals surface area contributed by atoms with Gasteiger partial charge in [0.15, 0.2) is 5.82 Å². The maximum absolute atomic E-state index is 4.30. The van der Waals surface area contributed by atoms with Gasteiger partial charge in [0, 0.05) is 24.8 Å². The standard InChI is InChI=1S/C16H19N7/c1-21-11-13(10-17-21)15-8-5-9-22(15)12-16-18-19-20-23(16)14-6-3-2-4-7-14/h2-4,6-7,10-11,15H,5,8-9,12H2,1H3/t15-/m1/s1. The highest BCUT2D eigenvalue weighted by atomic mass is 15.5. The normalized spacial score (nSPS) is 18.6. The average Bonchev–Trinajstić information content (AvgIpc) is 3.29. The van der Waals surface area contributed by atoms with Crippen molar-refractivity contribution in [1.82, 2.24) is 34.9 Å². The molecule has 3 heterocycles. The molecule has 3 aromatic rings. The van der Waals surface area contributed by atoms with Gasteiger partial charge in [0.2, 0.25) is 0 Å². The molecule has 23 heavy (non-hydrogen) atoms. The molecule has 7 heteroatoms. The van der Waals surface area contributed by atoms with Gasteiger partial charge in [-0.15, -0.1) is 5.10 Å². The van der Waals surface area contributed by atoms with Gasteiger partial charge in [-0.25, -0.2) is 0 Å². The molecule has 1 saturated heterocycles. The Kier molecular flexibility index (Phi) is 3.63. The quantitative estimate of drug-likeness (QED) is 0.734. The van der Waals surface area contributed by atoms with Crippen molar-refractivity contribution < 1.29 is 0 Å². The van der Waals surface area contributed by atoms with Crippen molar-refractivity contribution in [2.24, 2.45) is 7.05 Å². The lowest BCUT2D eigenvalue weighted by Crippen LogP contribution is -2.24. The highest BCUT2D eigenvalue weighted by Gasteiger charge is 2.28. The van der Waals surface area contributed by atoms with Gasteiger partial charge in [-0.3, -0.25) is 9.58 Å². The molecule has 1 fully saturated rings. The van der Waals surface area contributed by atoms with Gasteiger partial charge in [0.25, 0.3) is 0 Å². The molecule has 1 aliphatic rings. The van der Waals surface area contributed by atoms with Crippen LogP contribution in [0, 0.1) is 0 Å². The van der Waals surface area contributed by atoms with Crippen molar-refractivity contribution in [1.29, 1.82) is 0 Å². The molecule has 2 aromatic heterocycles. The van der Waals surface area contributed by atoms with E-state index in [-0.39, 0.29) is 0 Å². The molecule has 1 aliphatic heterocycles. The SMILES string of the molecule is Cn1cc([C@H]2CCCN2Cc2nnnn2-c2ccccc2)cn1. The van der Waals surface area contributed by atoms with Crippen LogP contribution < -0.4 is 0 Å². The maximum atomic E-state index is 4.30. The van der Waals surface area contributed by atoms with Crippen molar-refractivity contribution in [3.05, 3.63) is 54.1 Å². The molecular formula is C16H19N7. The summed E-state index contributed by atoms with van der Waals surface area (Å²) in [7, 11) is 1.96. The molecule has 7 nitrogen and oxygen atoms in total. The number of nitrogens with zero attached hydrogens (tertiary/aromatic N) is 7. The summed E-state index contributed by atoms with van der Waals surface area (Å²) in [6, 6.07) is 10.4. The van der Waals surface area contributed by atoms with E-state index >= 15 is 0 Å². The van der Waals surface area contributed by atoms with Crippen molar-refractivity contribution in [2.45, 2.75) is 25.4 Å². The Morgan fingerprint density at radius 2 is 2.09 bits per heavy atom. The van der Waals surface area contributed by atoms with Gasteiger partial charge in [0.1, 0.15) is 0 Å². The summed E-state index contributed by atoms with van der Waals surface area (Å²) in [6.45, 7) is 1.79. The minimum Gasteiger partial charge on any atom is -0.289 e. The molecular weight excluding hydrogens is 290 g/mol. The zero-order valence-electron chi connectivity index (χ0n) is 13.1. The molecule has 0 unspecified atom stereocenters. The van der Waals surface area contributed by atoms with Gasteiger partial charge in [-0.05, 0) is 41.9 Å². The summed E-state index contributed by atoms with van der Waals surface area (Å²) in [6.07, 6.45) is 6.40. The minimum absolute atomic E-state index is 0.393. The minimum atomic E-state index is 0.393. The van der Waals surface area contributed by atoms with Crippen LogP contribution in [0.5, 0.6) is 0 Å². The number of likely N-dealkylation sites (tertiary alicyclic amines) is 1. The highest BCUT2D eigenvalue weighted by molar-refractivity contribution is 5.30. The molecule has 4 rings (SSSR count). The third-order valence-corrected chi connectivity index (χ3v) is 4.35. The van der Waals surface area contributed by atoms with Gasteiger partial charge < -0.3 is 0 Å². The van der Waals surface area contributed by atoms with Crippen molar-refractivity contribution >= 4 is 0 Å². The van der Waals surface area contributed by atoms with Crippen molar-refractivity contribution in [3.8, 4) is 5.69 Å². The first-order valence-electron chi connectivity index (χ1n) is 7.86. The van der Waals surface area contributed by atoms with Crippen molar-refractivity contribution in [2.75, 3.05) is 6.54 Å². The van der Waals surface area contributed by atoms with E-state index in [2.05, 4.69) is 31.7 Å². The number of hydrogen-bond acceptors (Lipinski definition) is 5. The summed E-state index contributed by atoms with van der Waals surface area (Å²) in [4.78, 5) is 2.43. The van der Waals surface area contributed by atoms with E-state index in [0.29, 0.717) is 6.04 Å². The van der Waals surface area contributed by atoms with E-state index < -0.39 is 0 Å². The summed E-state index contributed by atoms with van der Waals surface area (Å²) in [5.41, 5.74) is 2.26. The Morgan fingerprint density at radius 3 is 2.87 bits per heavy atom. The monoisotopic (exact) mass is 309 g/mol. The number of hydrogen-bond donors (Lipinski definition) is 0. The molecule has 0 saturated carbocycles. The fraction of sp³-hybridized carbons (Fsp3) is 0.375. The molecule has 0 N–H and O–H groups in total. The predicted octanol–water partition coefficient (Wildman–Crippen LogP) is 1.73. The van der Waals surface area contributed by atoms with Crippen LogP contribution >= 0.6 is 0 Å². The summed E-state index contributed by atoms with van der Waals surface area (Å²) >= 11 is 0. The van der Waals surface area contributed by atoms with Crippen LogP contribution in [-0.4, -0.2) is 41.4 Å². The molecule has 0 bridgehead atoms. The molecule has 1 aromatic carbocycles. The molecule has 1 atom stereocenters. The Hall–Kier alpha value is -2.54. The second-order valence-electron chi connectivity index (χ2n) is 5.92. The van der Waals surface area contributed by atoms with E-state index in [1.54, 1.807) is 0 Å². The van der Waals surface area contributed by atoms with Crippen LogP contribution in [0.15, 0.2) is 42.7 Å². The highest BCUT2D eigenvalue weighted by Crippen LogP contribution is 2.32. The largest absolute Gasteiger partial charge is 0.289 e.